The molecule has 1 aromatic rings. The van der Waals surface area contributed by atoms with Crippen molar-refractivity contribution in [1.82, 2.24) is 5.32 Å². The number of amides is 1. The highest BCUT2D eigenvalue weighted by atomic mass is 16.7. The van der Waals surface area contributed by atoms with E-state index < -0.39 is 11.9 Å². The van der Waals surface area contributed by atoms with Crippen LogP contribution in [0.15, 0.2) is 30.3 Å². The molecule has 0 heterocycles. The number of hydrogen-bond donors (Lipinski definition) is 2. The Hall–Kier alpha value is -1.43. The molecule has 1 aromatic carbocycles. The molecule has 1 rings (SSSR count). The topological polar surface area (TPSA) is 73.6 Å². The molecule has 0 aliphatic rings. The van der Waals surface area contributed by atoms with Gasteiger partial charge in [-0.15, -0.1) is 0 Å². The van der Waals surface area contributed by atoms with Crippen LogP contribution >= 0.6 is 0 Å². The molecule has 19 heavy (non-hydrogen) atoms. The van der Waals surface area contributed by atoms with Gasteiger partial charge in [0.15, 0.2) is 6.29 Å². The summed E-state index contributed by atoms with van der Waals surface area (Å²) in [5.74, 6) is -0.419. The van der Waals surface area contributed by atoms with Gasteiger partial charge in [-0.2, -0.15) is 0 Å². The summed E-state index contributed by atoms with van der Waals surface area (Å²) in [7, 11) is 0. The lowest BCUT2D eigenvalue weighted by molar-refractivity contribution is -0.135. The number of nitrogens with one attached hydrogen (secondary N) is 1. The van der Waals surface area contributed by atoms with Crippen molar-refractivity contribution in [3.05, 3.63) is 35.9 Å². The average Bonchev–Trinajstić information content (AvgIpc) is 2.40. The van der Waals surface area contributed by atoms with Crippen LogP contribution in [0.25, 0.3) is 0 Å². The maximum Gasteiger partial charge on any atom is 0.239 e. The van der Waals surface area contributed by atoms with E-state index >= 15 is 0 Å². The summed E-state index contributed by atoms with van der Waals surface area (Å²) in [5.41, 5.74) is 6.25. The number of primary amides is 1. The van der Waals surface area contributed by atoms with E-state index in [0.717, 1.165) is 5.56 Å². The maximum absolute atomic E-state index is 11.5. The summed E-state index contributed by atoms with van der Waals surface area (Å²) >= 11 is 0. The van der Waals surface area contributed by atoms with Crippen LogP contribution < -0.4 is 11.1 Å². The first-order valence-electron chi connectivity index (χ1n) is 6.49. The van der Waals surface area contributed by atoms with Gasteiger partial charge in [0.25, 0.3) is 0 Å². The minimum absolute atomic E-state index is 0.374. The molecule has 5 nitrogen and oxygen atoms in total. The fraction of sp³-hybridized carbons (Fsp3) is 0.500. The van der Waals surface area contributed by atoms with Crippen molar-refractivity contribution in [2.24, 2.45) is 5.73 Å². The SMILES string of the molecule is CCOC(CN[C@H](C(N)=O)c1ccccc1)OCC. The number of hydrogen-bond acceptors (Lipinski definition) is 4. The van der Waals surface area contributed by atoms with Crippen molar-refractivity contribution in [3.63, 3.8) is 0 Å². The van der Waals surface area contributed by atoms with Crippen LogP contribution in [0.4, 0.5) is 0 Å². The fourth-order valence-electron chi connectivity index (χ4n) is 1.78. The third-order valence-electron chi connectivity index (χ3n) is 2.61. The number of carbonyl (C=O) groups is 1. The Labute approximate surface area is 114 Å². The van der Waals surface area contributed by atoms with Gasteiger partial charge in [0.05, 0.1) is 0 Å². The zero-order chi connectivity index (χ0) is 14.1. The fourth-order valence-corrected chi connectivity index (χ4v) is 1.78. The normalized spacial score (nSPS) is 12.6. The van der Waals surface area contributed by atoms with E-state index in [9.17, 15) is 4.79 Å². The first-order chi connectivity index (χ1) is 9.19. The van der Waals surface area contributed by atoms with Gasteiger partial charge in [-0.3, -0.25) is 10.1 Å². The van der Waals surface area contributed by atoms with E-state index in [-0.39, 0.29) is 6.29 Å². The highest BCUT2D eigenvalue weighted by molar-refractivity contribution is 5.81. The lowest BCUT2D eigenvalue weighted by Gasteiger charge is -2.21. The van der Waals surface area contributed by atoms with Gasteiger partial charge < -0.3 is 15.2 Å². The van der Waals surface area contributed by atoms with Crippen LogP contribution in [0.5, 0.6) is 0 Å². The third kappa shape index (κ3) is 5.38. The van der Waals surface area contributed by atoms with Gasteiger partial charge in [-0.05, 0) is 19.4 Å². The molecule has 1 amide bonds. The second kappa shape index (κ2) is 8.63. The van der Waals surface area contributed by atoms with E-state index in [4.69, 9.17) is 15.2 Å². The quantitative estimate of drug-likeness (QED) is 0.659. The summed E-state index contributed by atoms with van der Waals surface area (Å²) in [6, 6.07) is 8.82. The second-order valence-electron chi connectivity index (χ2n) is 3.99. The number of rotatable bonds is 9. The predicted octanol–water partition coefficient (Wildman–Crippen LogP) is 1.20. The lowest BCUT2D eigenvalue weighted by atomic mass is 10.1. The van der Waals surface area contributed by atoms with Crippen molar-refractivity contribution < 1.29 is 14.3 Å². The van der Waals surface area contributed by atoms with Gasteiger partial charge in [-0.1, -0.05) is 30.3 Å². The Morgan fingerprint density at radius 3 is 2.26 bits per heavy atom. The Kier molecular flexibility index (Phi) is 7.10. The standard InChI is InChI=1S/C14H22N2O3/c1-3-18-12(19-4-2)10-16-13(14(15)17)11-8-6-5-7-9-11/h5-9,12-13,16H,3-4,10H2,1-2H3,(H2,15,17)/t13-/m0/s1. The molecule has 0 unspecified atom stereocenters. The highest BCUT2D eigenvalue weighted by Crippen LogP contribution is 2.12. The summed E-state index contributed by atoms with van der Waals surface area (Å²) < 4.78 is 10.8. The molecule has 0 spiro atoms. The van der Waals surface area contributed by atoms with E-state index in [0.29, 0.717) is 19.8 Å². The van der Waals surface area contributed by atoms with Gasteiger partial charge in [-0.25, -0.2) is 0 Å². The van der Waals surface area contributed by atoms with Gasteiger partial charge in [0.1, 0.15) is 6.04 Å². The molecule has 0 saturated heterocycles. The molecular weight excluding hydrogens is 244 g/mol. The molecule has 3 N–H and O–H groups in total. The molecule has 0 radical (unpaired) electrons. The Bertz CT molecular complexity index is 364. The predicted molar refractivity (Wildman–Crippen MR) is 73.4 cm³/mol. The molecule has 0 aliphatic heterocycles. The van der Waals surface area contributed by atoms with Gasteiger partial charge in [0, 0.05) is 19.8 Å². The van der Waals surface area contributed by atoms with Gasteiger partial charge in [0.2, 0.25) is 5.91 Å². The van der Waals surface area contributed by atoms with Crippen LogP contribution in [-0.2, 0) is 14.3 Å². The molecule has 5 heteroatoms. The first-order valence-corrected chi connectivity index (χ1v) is 6.49. The zero-order valence-electron chi connectivity index (χ0n) is 11.5. The van der Waals surface area contributed by atoms with Crippen molar-refractivity contribution in [2.45, 2.75) is 26.2 Å². The molecule has 0 aliphatic carbocycles. The van der Waals surface area contributed by atoms with E-state index in [2.05, 4.69) is 5.32 Å². The number of nitrogens with two attached hydrogens (primary N) is 1. The first kappa shape index (κ1) is 15.6. The van der Waals surface area contributed by atoms with Crippen molar-refractivity contribution in [2.75, 3.05) is 19.8 Å². The van der Waals surface area contributed by atoms with Crippen LogP contribution in [0.1, 0.15) is 25.5 Å². The second-order valence-corrected chi connectivity index (χ2v) is 3.99. The monoisotopic (exact) mass is 266 g/mol. The molecule has 0 saturated carbocycles. The Morgan fingerprint density at radius 1 is 1.21 bits per heavy atom. The molecule has 106 valence electrons. The largest absolute Gasteiger partial charge is 0.368 e. The highest BCUT2D eigenvalue weighted by Gasteiger charge is 2.19. The molecule has 0 aromatic heterocycles. The minimum Gasteiger partial charge on any atom is -0.368 e. The number of benzene rings is 1. The van der Waals surface area contributed by atoms with Crippen molar-refractivity contribution in [3.8, 4) is 0 Å². The Balaban J connectivity index is 2.61. The minimum atomic E-state index is -0.537. The maximum atomic E-state index is 11.5. The Morgan fingerprint density at radius 2 is 1.79 bits per heavy atom. The van der Waals surface area contributed by atoms with Gasteiger partial charge >= 0.3 is 0 Å². The smallest absolute Gasteiger partial charge is 0.239 e. The summed E-state index contributed by atoms with van der Waals surface area (Å²) in [4.78, 5) is 11.5. The van der Waals surface area contributed by atoms with Crippen LogP contribution in [0.3, 0.4) is 0 Å². The zero-order valence-corrected chi connectivity index (χ0v) is 11.5. The average molecular weight is 266 g/mol. The molecule has 1 atom stereocenters. The summed E-state index contributed by atoms with van der Waals surface area (Å²) in [6.07, 6.45) is -0.374. The molecular formula is C14H22N2O3. The van der Waals surface area contributed by atoms with Crippen LogP contribution in [-0.4, -0.2) is 32.0 Å². The molecule has 0 bridgehead atoms. The number of ether oxygens (including phenoxy) is 2. The van der Waals surface area contributed by atoms with E-state index in [1.807, 2.05) is 44.2 Å². The van der Waals surface area contributed by atoms with Crippen molar-refractivity contribution in [1.29, 1.82) is 0 Å². The number of carbonyl (C=O) groups excluding carboxylic acids is 1. The van der Waals surface area contributed by atoms with Crippen molar-refractivity contribution >= 4 is 5.91 Å². The van der Waals surface area contributed by atoms with E-state index in [1.54, 1.807) is 0 Å². The lowest BCUT2D eigenvalue weighted by Crippen LogP contribution is -2.39. The molecule has 0 fully saturated rings. The summed E-state index contributed by atoms with van der Waals surface area (Å²) in [5, 5.41) is 3.08. The third-order valence-corrected chi connectivity index (χ3v) is 2.61. The van der Waals surface area contributed by atoms with E-state index in [1.165, 1.54) is 0 Å². The summed E-state index contributed by atoms with van der Waals surface area (Å²) in [6.45, 7) is 5.31. The van der Waals surface area contributed by atoms with Crippen LogP contribution in [0.2, 0.25) is 0 Å². The van der Waals surface area contributed by atoms with Crippen LogP contribution in [0, 0.1) is 0 Å².